The summed E-state index contributed by atoms with van der Waals surface area (Å²) in [5, 5.41) is 3.67. The molecule has 0 aromatic heterocycles. The molecule has 2 heterocycles. The van der Waals surface area contributed by atoms with Crippen molar-refractivity contribution < 1.29 is 0 Å². The summed E-state index contributed by atoms with van der Waals surface area (Å²) in [6.07, 6.45) is 7.13. The standard InChI is InChI=1S/C11H21NS/c1-11(5-2-6-12-11)9-10-3-7-13-8-4-10/h10,12H,2-9H2,1H3. The molecule has 0 aromatic rings. The van der Waals surface area contributed by atoms with Crippen molar-refractivity contribution in [1.82, 2.24) is 5.32 Å². The largest absolute Gasteiger partial charge is 0.312 e. The molecule has 0 aliphatic carbocycles. The average molecular weight is 199 g/mol. The Balaban J connectivity index is 1.81. The Labute approximate surface area is 86.0 Å². The van der Waals surface area contributed by atoms with Crippen LogP contribution in [0, 0.1) is 5.92 Å². The molecule has 0 spiro atoms. The maximum atomic E-state index is 3.67. The molecule has 0 saturated carbocycles. The molecule has 1 unspecified atom stereocenters. The van der Waals surface area contributed by atoms with Crippen LogP contribution < -0.4 is 5.32 Å². The Morgan fingerprint density at radius 3 is 2.77 bits per heavy atom. The SMILES string of the molecule is CC1(CC2CCSCC2)CCCN1. The van der Waals surface area contributed by atoms with E-state index in [1.807, 2.05) is 0 Å². The fraction of sp³-hybridized carbons (Fsp3) is 1.00. The van der Waals surface area contributed by atoms with Gasteiger partial charge in [-0.3, -0.25) is 0 Å². The van der Waals surface area contributed by atoms with Crippen molar-refractivity contribution in [3.63, 3.8) is 0 Å². The molecular weight excluding hydrogens is 178 g/mol. The lowest BCUT2D eigenvalue weighted by molar-refractivity contribution is 0.295. The van der Waals surface area contributed by atoms with Gasteiger partial charge in [-0.05, 0) is 63.0 Å². The minimum Gasteiger partial charge on any atom is -0.312 e. The first-order chi connectivity index (χ1) is 6.29. The second kappa shape index (κ2) is 4.22. The first-order valence-electron chi connectivity index (χ1n) is 5.61. The van der Waals surface area contributed by atoms with E-state index in [9.17, 15) is 0 Å². The topological polar surface area (TPSA) is 12.0 Å². The van der Waals surface area contributed by atoms with Gasteiger partial charge in [0, 0.05) is 5.54 Å². The molecule has 1 N–H and O–H groups in total. The lowest BCUT2D eigenvalue weighted by Crippen LogP contribution is -2.38. The highest BCUT2D eigenvalue weighted by atomic mass is 32.2. The minimum atomic E-state index is 0.493. The summed E-state index contributed by atoms with van der Waals surface area (Å²) < 4.78 is 0. The molecule has 0 bridgehead atoms. The van der Waals surface area contributed by atoms with Gasteiger partial charge in [0.05, 0.1) is 0 Å². The Morgan fingerprint density at radius 2 is 2.15 bits per heavy atom. The summed E-state index contributed by atoms with van der Waals surface area (Å²) in [5.74, 6) is 3.82. The van der Waals surface area contributed by atoms with E-state index in [-0.39, 0.29) is 0 Å². The molecule has 1 nitrogen and oxygen atoms in total. The van der Waals surface area contributed by atoms with E-state index in [2.05, 4.69) is 24.0 Å². The molecule has 2 saturated heterocycles. The number of rotatable bonds is 2. The van der Waals surface area contributed by atoms with E-state index in [1.165, 1.54) is 50.2 Å². The Kier molecular flexibility index (Phi) is 3.20. The number of hydrogen-bond acceptors (Lipinski definition) is 2. The lowest BCUT2D eigenvalue weighted by atomic mass is 9.85. The molecule has 0 radical (unpaired) electrons. The van der Waals surface area contributed by atoms with Gasteiger partial charge in [-0.1, -0.05) is 0 Å². The van der Waals surface area contributed by atoms with E-state index in [4.69, 9.17) is 0 Å². The molecule has 2 rings (SSSR count). The Morgan fingerprint density at radius 1 is 1.38 bits per heavy atom. The molecule has 1 atom stereocenters. The highest BCUT2D eigenvalue weighted by Gasteiger charge is 2.31. The van der Waals surface area contributed by atoms with Crippen LogP contribution in [0.5, 0.6) is 0 Å². The van der Waals surface area contributed by atoms with Crippen LogP contribution in [0.4, 0.5) is 0 Å². The third kappa shape index (κ3) is 2.63. The summed E-state index contributed by atoms with van der Waals surface area (Å²) in [5.41, 5.74) is 0.493. The first kappa shape index (κ1) is 9.85. The van der Waals surface area contributed by atoms with Crippen molar-refractivity contribution in [3.05, 3.63) is 0 Å². The van der Waals surface area contributed by atoms with E-state index >= 15 is 0 Å². The van der Waals surface area contributed by atoms with Crippen LogP contribution in [0.25, 0.3) is 0 Å². The van der Waals surface area contributed by atoms with Crippen molar-refractivity contribution in [1.29, 1.82) is 0 Å². The van der Waals surface area contributed by atoms with Gasteiger partial charge in [0.15, 0.2) is 0 Å². The van der Waals surface area contributed by atoms with Crippen LogP contribution in [-0.2, 0) is 0 Å². The smallest absolute Gasteiger partial charge is 0.0156 e. The molecule has 2 aliphatic rings. The van der Waals surface area contributed by atoms with Crippen LogP contribution in [-0.4, -0.2) is 23.6 Å². The van der Waals surface area contributed by atoms with E-state index in [0.29, 0.717) is 5.54 Å². The second-order valence-electron chi connectivity index (χ2n) is 4.85. The van der Waals surface area contributed by atoms with Crippen molar-refractivity contribution in [2.24, 2.45) is 5.92 Å². The third-order valence-corrected chi connectivity index (χ3v) is 4.59. The molecule has 76 valence electrons. The lowest BCUT2D eigenvalue weighted by Gasteiger charge is -2.31. The zero-order chi connectivity index (χ0) is 9.15. The summed E-state index contributed by atoms with van der Waals surface area (Å²) in [4.78, 5) is 0. The predicted octanol–water partition coefficient (Wildman–Crippen LogP) is 2.66. The van der Waals surface area contributed by atoms with Gasteiger partial charge in [0.25, 0.3) is 0 Å². The fourth-order valence-electron chi connectivity index (χ4n) is 2.72. The van der Waals surface area contributed by atoms with Crippen molar-refractivity contribution in [3.8, 4) is 0 Å². The van der Waals surface area contributed by atoms with Crippen LogP contribution in [0.2, 0.25) is 0 Å². The number of hydrogen-bond donors (Lipinski definition) is 1. The van der Waals surface area contributed by atoms with Gasteiger partial charge in [-0.25, -0.2) is 0 Å². The maximum absolute atomic E-state index is 3.67. The maximum Gasteiger partial charge on any atom is 0.0156 e. The highest BCUT2D eigenvalue weighted by molar-refractivity contribution is 7.99. The summed E-state index contributed by atoms with van der Waals surface area (Å²) in [6.45, 7) is 3.67. The van der Waals surface area contributed by atoms with Gasteiger partial charge < -0.3 is 5.32 Å². The van der Waals surface area contributed by atoms with Gasteiger partial charge >= 0.3 is 0 Å². The molecule has 0 aromatic carbocycles. The van der Waals surface area contributed by atoms with Crippen LogP contribution in [0.1, 0.15) is 39.0 Å². The van der Waals surface area contributed by atoms with Crippen LogP contribution in [0.15, 0.2) is 0 Å². The molecule has 2 aliphatic heterocycles. The molecular formula is C11H21NS. The van der Waals surface area contributed by atoms with Crippen molar-refractivity contribution in [2.45, 2.75) is 44.6 Å². The fourth-order valence-corrected chi connectivity index (χ4v) is 3.92. The average Bonchev–Trinajstić information content (AvgIpc) is 2.54. The first-order valence-corrected chi connectivity index (χ1v) is 6.77. The minimum absolute atomic E-state index is 0.493. The normalized spacial score (nSPS) is 36.7. The van der Waals surface area contributed by atoms with Gasteiger partial charge in [-0.15, -0.1) is 0 Å². The summed E-state index contributed by atoms with van der Waals surface area (Å²) in [6, 6.07) is 0. The van der Waals surface area contributed by atoms with Crippen LogP contribution in [0.3, 0.4) is 0 Å². The number of nitrogens with one attached hydrogen (secondary N) is 1. The molecule has 2 fully saturated rings. The zero-order valence-electron chi connectivity index (χ0n) is 8.64. The van der Waals surface area contributed by atoms with Gasteiger partial charge in [0.2, 0.25) is 0 Å². The molecule has 13 heavy (non-hydrogen) atoms. The third-order valence-electron chi connectivity index (χ3n) is 3.54. The zero-order valence-corrected chi connectivity index (χ0v) is 9.46. The van der Waals surface area contributed by atoms with Gasteiger partial charge in [-0.2, -0.15) is 11.8 Å². The predicted molar refractivity (Wildman–Crippen MR) is 60.3 cm³/mol. The summed E-state index contributed by atoms with van der Waals surface area (Å²) in [7, 11) is 0. The van der Waals surface area contributed by atoms with Gasteiger partial charge in [0.1, 0.15) is 0 Å². The monoisotopic (exact) mass is 199 g/mol. The van der Waals surface area contributed by atoms with E-state index in [0.717, 1.165) is 5.92 Å². The Hall–Kier alpha value is 0.310. The van der Waals surface area contributed by atoms with Crippen LogP contribution >= 0.6 is 11.8 Å². The van der Waals surface area contributed by atoms with E-state index < -0.39 is 0 Å². The van der Waals surface area contributed by atoms with Crippen molar-refractivity contribution in [2.75, 3.05) is 18.1 Å². The molecule has 2 heteroatoms. The Bertz CT molecular complexity index is 157. The highest BCUT2D eigenvalue weighted by Crippen LogP contribution is 2.33. The number of thioether (sulfide) groups is 1. The second-order valence-corrected chi connectivity index (χ2v) is 6.08. The molecule has 0 amide bonds. The van der Waals surface area contributed by atoms with Crippen molar-refractivity contribution >= 4 is 11.8 Å². The quantitative estimate of drug-likeness (QED) is 0.734. The van der Waals surface area contributed by atoms with E-state index in [1.54, 1.807) is 0 Å². The summed E-state index contributed by atoms with van der Waals surface area (Å²) >= 11 is 2.14.